The number of piperidine rings is 1. The molecule has 0 radical (unpaired) electrons. The van der Waals surface area contributed by atoms with Crippen molar-refractivity contribution in [3.05, 3.63) is 42.2 Å². The van der Waals surface area contributed by atoms with Gasteiger partial charge in [0.15, 0.2) is 5.96 Å². The van der Waals surface area contributed by atoms with Crippen LogP contribution in [0.1, 0.15) is 25.5 Å². The Morgan fingerprint density at radius 3 is 2.83 bits per heavy atom. The molecule has 128 valence electrons. The first kappa shape index (κ1) is 16.4. The molecule has 0 spiro atoms. The van der Waals surface area contributed by atoms with Crippen LogP contribution in [0.2, 0.25) is 0 Å². The van der Waals surface area contributed by atoms with E-state index >= 15 is 0 Å². The van der Waals surface area contributed by atoms with Gasteiger partial charge in [-0.15, -0.1) is 0 Å². The van der Waals surface area contributed by atoms with Gasteiger partial charge in [0, 0.05) is 19.3 Å². The second kappa shape index (κ2) is 7.38. The standard InChI is InChI=1S/C18H25N5O/c1-14-4-3-10-22(13-14)18(19)20-12-15-9-11-23(21-15)16-5-7-17(24-2)8-6-16/h5-9,11,14H,3-4,10,12-13H2,1-2H3,(H2,19,20). The number of nitrogens with two attached hydrogens (primary N) is 1. The minimum atomic E-state index is 0.500. The van der Waals surface area contributed by atoms with E-state index in [0.29, 0.717) is 18.4 Å². The van der Waals surface area contributed by atoms with E-state index in [4.69, 9.17) is 10.5 Å². The van der Waals surface area contributed by atoms with E-state index in [-0.39, 0.29) is 0 Å². The Morgan fingerprint density at radius 1 is 1.33 bits per heavy atom. The number of methoxy groups -OCH3 is 1. The third kappa shape index (κ3) is 3.88. The fourth-order valence-corrected chi connectivity index (χ4v) is 2.98. The Balaban J connectivity index is 1.63. The van der Waals surface area contributed by atoms with Crippen molar-refractivity contribution in [2.45, 2.75) is 26.3 Å². The Bertz CT molecular complexity index is 692. The zero-order chi connectivity index (χ0) is 16.9. The fraction of sp³-hybridized carbons (Fsp3) is 0.444. The molecule has 1 aromatic heterocycles. The van der Waals surface area contributed by atoms with E-state index in [1.54, 1.807) is 7.11 Å². The third-order valence-electron chi connectivity index (χ3n) is 4.37. The van der Waals surface area contributed by atoms with Gasteiger partial charge in [-0.1, -0.05) is 6.92 Å². The lowest BCUT2D eigenvalue weighted by atomic mass is 10.0. The summed E-state index contributed by atoms with van der Waals surface area (Å²) >= 11 is 0. The van der Waals surface area contributed by atoms with Gasteiger partial charge in [0.05, 0.1) is 25.0 Å². The van der Waals surface area contributed by atoms with Crippen LogP contribution in [-0.2, 0) is 6.54 Å². The molecule has 3 rings (SSSR count). The van der Waals surface area contributed by atoms with Crippen LogP contribution >= 0.6 is 0 Å². The van der Waals surface area contributed by atoms with Gasteiger partial charge in [-0.05, 0) is 49.1 Å². The van der Waals surface area contributed by atoms with Crippen molar-refractivity contribution in [2.75, 3.05) is 20.2 Å². The zero-order valence-electron chi connectivity index (χ0n) is 14.4. The van der Waals surface area contributed by atoms with E-state index in [1.165, 1.54) is 12.8 Å². The van der Waals surface area contributed by atoms with Gasteiger partial charge in [-0.2, -0.15) is 5.10 Å². The summed E-state index contributed by atoms with van der Waals surface area (Å²) in [6, 6.07) is 9.76. The third-order valence-corrected chi connectivity index (χ3v) is 4.37. The first-order valence-corrected chi connectivity index (χ1v) is 8.39. The number of aliphatic imine (C=N–C) groups is 1. The highest BCUT2D eigenvalue weighted by Gasteiger charge is 2.17. The van der Waals surface area contributed by atoms with Gasteiger partial charge in [0.25, 0.3) is 0 Å². The zero-order valence-corrected chi connectivity index (χ0v) is 14.4. The van der Waals surface area contributed by atoms with Crippen molar-refractivity contribution < 1.29 is 4.74 Å². The number of nitrogens with zero attached hydrogens (tertiary/aromatic N) is 4. The Kier molecular flexibility index (Phi) is 5.03. The molecule has 6 heteroatoms. The Hall–Kier alpha value is -2.50. The second-order valence-corrected chi connectivity index (χ2v) is 6.32. The van der Waals surface area contributed by atoms with Crippen LogP contribution in [-0.4, -0.2) is 40.8 Å². The lowest BCUT2D eigenvalue weighted by Gasteiger charge is -2.31. The molecule has 1 saturated heterocycles. The summed E-state index contributed by atoms with van der Waals surface area (Å²) in [6.45, 7) is 4.76. The maximum atomic E-state index is 6.14. The van der Waals surface area contributed by atoms with Gasteiger partial charge in [-0.3, -0.25) is 0 Å². The SMILES string of the molecule is COc1ccc(-n2ccc(CN=C(N)N3CCCC(C)C3)n2)cc1. The molecule has 2 N–H and O–H groups in total. The number of hydrogen-bond donors (Lipinski definition) is 1. The maximum Gasteiger partial charge on any atom is 0.191 e. The molecule has 0 bridgehead atoms. The lowest BCUT2D eigenvalue weighted by Crippen LogP contribution is -2.43. The van der Waals surface area contributed by atoms with Gasteiger partial charge in [-0.25, -0.2) is 9.67 Å². The van der Waals surface area contributed by atoms with E-state index < -0.39 is 0 Å². The molecule has 0 amide bonds. The van der Waals surface area contributed by atoms with Crippen LogP contribution < -0.4 is 10.5 Å². The van der Waals surface area contributed by atoms with Crippen LogP contribution in [0.4, 0.5) is 0 Å². The molecule has 24 heavy (non-hydrogen) atoms. The highest BCUT2D eigenvalue weighted by molar-refractivity contribution is 5.78. The summed E-state index contributed by atoms with van der Waals surface area (Å²) in [5.41, 5.74) is 8.03. The van der Waals surface area contributed by atoms with Crippen LogP contribution in [0, 0.1) is 5.92 Å². The summed E-state index contributed by atoms with van der Waals surface area (Å²) in [5, 5.41) is 4.56. The van der Waals surface area contributed by atoms with E-state index in [1.807, 2.05) is 41.2 Å². The molecule has 2 aromatic rings. The fourth-order valence-electron chi connectivity index (χ4n) is 2.98. The number of benzene rings is 1. The minimum Gasteiger partial charge on any atom is -0.497 e. The highest BCUT2D eigenvalue weighted by Crippen LogP contribution is 2.16. The Morgan fingerprint density at radius 2 is 2.12 bits per heavy atom. The molecule has 1 aliphatic rings. The largest absolute Gasteiger partial charge is 0.497 e. The summed E-state index contributed by atoms with van der Waals surface area (Å²) in [7, 11) is 1.66. The molecule has 1 fully saturated rings. The average molecular weight is 327 g/mol. The number of ether oxygens (including phenoxy) is 1. The lowest BCUT2D eigenvalue weighted by molar-refractivity contribution is 0.270. The number of aromatic nitrogens is 2. The Labute approximate surface area is 142 Å². The van der Waals surface area contributed by atoms with E-state index in [2.05, 4.69) is 21.9 Å². The van der Waals surface area contributed by atoms with Gasteiger partial charge in [0.1, 0.15) is 5.75 Å². The molecule has 2 heterocycles. The summed E-state index contributed by atoms with van der Waals surface area (Å²) < 4.78 is 7.01. The first-order chi connectivity index (χ1) is 11.7. The first-order valence-electron chi connectivity index (χ1n) is 8.39. The number of hydrogen-bond acceptors (Lipinski definition) is 3. The molecule has 1 unspecified atom stereocenters. The predicted molar refractivity (Wildman–Crippen MR) is 95.4 cm³/mol. The van der Waals surface area contributed by atoms with Crippen molar-refractivity contribution in [1.29, 1.82) is 0 Å². The van der Waals surface area contributed by atoms with Crippen LogP contribution in [0.15, 0.2) is 41.5 Å². The predicted octanol–water partition coefficient (Wildman–Crippen LogP) is 2.43. The van der Waals surface area contributed by atoms with Gasteiger partial charge >= 0.3 is 0 Å². The molecule has 1 aromatic carbocycles. The van der Waals surface area contributed by atoms with E-state index in [9.17, 15) is 0 Å². The van der Waals surface area contributed by atoms with Gasteiger partial charge in [0.2, 0.25) is 0 Å². The quantitative estimate of drug-likeness (QED) is 0.692. The van der Waals surface area contributed by atoms with Gasteiger partial charge < -0.3 is 15.4 Å². The molecular weight excluding hydrogens is 302 g/mol. The van der Waals surface area contributed by atoms with Crippen molar-refractivity contribution in [1.82, 2.24) is 14.7 Å². The average Bonchev–Trinajstić information content (AvgIpc) is 3.09. The topological polar surface area (TPSA) is 68.7 Å². The molecule has 1 atom stereocenters. The smallest absolute Gasteiger partial charge is 0.191 e. The van der Waals surface area contributed by atoms with Crippen LogP contribution in [0.5, 0.6) is 5.75 Å². The summed E-state index contributed by atoms with van der Waals surface area (Å²) in [5.74, 6) is 2.14. The number of rotatable bonds is 4. The molecule has 0 saturated carbocycles. The minimum absolute atomic E-state index is 0.500. The molecule has 6 nitrogen and oxygen atoms in total. The van der Waals surface area contributed by atoms with Crippen molar-refractivity contribution in [3.8, 4) is 11.4 Å². The van der Waals surface area contributed by atoms with Crippen LogP contribution in [0.25, 0.3) is 5.69 Å². The molecular formula is C18H25N5O. The van der Waals surface area contributed by atoms with Crippen molar-refractivity contribution >= 4 is 5.96 Å². The maximum absolute atomic E-state index is 6.14. The van der Waals surface area contributed by atoms with Crippen molar-refractivity contribution in [2.24, 2.45) is 16.6 Å². The normalized spacial score (nSPS) is 18.7. The number of guanidine groups is 1. The molecule has 1 aliphatic heterocycles. The van der Waals surface area contributed by atoms with Crippen LogP contribution in [0.3, 0.4) is 0 Å². The number of likely N-dealkylation sites (tertiary alicyclic amines) is 1. The second-order valence-electron chi connectivity index (χ2n) is 6.32. The highest BCUT2D eigenvalue weighted by atomic mass is 16.5. The van der Waals surface area contributed by atoms with Crippen molar-refractivity contribution in [3.63, 3.8) is 0 Å². The molecule has 0 aliphatic carbocycles. The summed E-state index contributed by atoms with van der Waals surface area (Å²) in [4.78, 5) is 6.69. The monoisotopic (exact) mass is 327 g/mol. The van der Waals surface area contributed by atoms with E-state index in [0.717, 1.165) is 30.2 Å². The summed E-state index contributed by atoms with van der Waals surface area (Å²) in [6.07, 6.45) is 4.39.